The molecule has 1 fully saturated rings. The first-order valence-electron chi connectivity index (χ1n) is 25.5. The zero-order valence-electron chi connectivity index (χ0n) is 39.0. The van der Waals surface area contributed by atoms with E-state index >= 15 is 0 Å². The molecule has 60 heavy (non-hydrogen) atoms. The highest BCUT2D eigenvalue weighted by Crippen LogP contribution is 2.23. The van der Waals surface area contributed by atoms with E-state index in [0.717, 1.165) is 51.4 Å². The van der Waals surface area contributed by atoms with Gasteiger partial charge in [0.05, 0.1) is 25.4 Å². The molecule has 7 atom stereocenters. The van der Waals surface area contributed by atoms with E-state index in [-0.39, 0.29) is 12.5 Å². The van der Waals surface area contributed by atoms with Crippen molar-refractivity contribution < 1.29 is 39.8 Å². The fourth-order valence-corrected chi connectivity index (χ4v) is 8.19. The lowest BCUT2D eigenvalue weighted by atomic mass is 9.99. The van der Waals surface area contributed by atoms with Crippen molar-refractivity contribution in [1.82, 2.24) is 5.32 Å². The number of rotatable bonds is 43. The average molecular weight is 852 g/mol. The number of aliphatic hydroxyl groups excluding tert-OH is 5. The SMILES string of the molecule is CCCCCCC/C=C\C/C=C\CCCCCCCCCCCCCCCCCCCCCCCC(=O)NC(COC1OC(CO)C(O)C(O)C1O)C(O)CCCCCC. The number of hydrogen-bond donors (Lipinski definition) is 6. The Labute approximate surface area is 369 Å². The Hall–Kier alpha value is -1.33. The highest BCUT2D eigenvalue weighted by atomic mass is 16.7. The second-order valence-corrected chi connectivity index (χ2v) is 18.0. The fraction of sp³-hybridized carbons (Fsp3) is 0.902. The van der Waals surface area contributed by atoms with Gasteiger partial charge in [-0.05, 0) is 44.9 Å². The summed E-state index contributed by atoms with van der Waals surface area (Å²) in [6.07, 6.45) is 44.4. The van der Waals surface area contributed by atoms with E-state index in [4.69, 9.17) is 9.47 Å². The number of aliphatic hydroxyl groups is 5. The molecule has 0 aromatic heterocycles. The summed E-state index contributed by atoms with van der Waals surface area (Å²) in [5, 5.41) is 53.8. The normalized spacial score (nSPS) is 20.7. The van der Waals surface area contributed by atoms with Gasteiger partial charge in [0.15, 0.2) is 6.29 Å². The Morgan fingerprint density at radius 2 is 0.983 bits per heavy atom. The van der Waals surface area contributed by atoms with Crippen LogP contribution in [0.3, 0.4) is 0 Å². The molecule has 354 valence electrons. The van der Waals surface area contributed by atoms with E-state index in [2.05, 4.69) is 43.5 Å². The highest BCUT2D eigenvalue weighted by Gasteiger charge is 2.44. The predicted octanol–water partition coefficient (Wildman–Crippen LogP) is 11.5. The van der Waals surface area contributed by atoms with Crippen LogP contribution in [0.15, 0.2) is 24.3 Å². The summed E-state index contributed by atoms with van der Waals surface area (Å²) in [6.45, 7) is 3.71. The number of hydrogen-bond acceptors (Lipinski definition) is 8. The Bertz CT molecular complexity index is 992. The van der Waals surface area contributed by atoms with Crippen molar-refractivity contribution in [3.05, 3.63) is 24.3 Å². The highest BCUT2D eigenvalue weighted by molar-refractivity contribution is 5.76. The lowest BCUT2D eigenvalue weighted by molar-refractivity contribution is -0.302. The van der Waals surface area contributed by atoms with Crippen LogP contribution in [0.1, 0.15) is 239 Å². The number of carbonyl (C=O) groups excluding carboxylic acids is 1. The Morgan fingerprint density at radius 1 is 0.567 bits per heavy atom. The minimum atomic E-state index is -1.55. The Kier molecular flexibility index (Phi) is 39.4. The van der Waals surface area contributed by atoms with Crippen molar-refractivity contribution in [3.63, 3.8) is 0 Å². The molecule has 1 rings (SSSR count). The molecule has 0 aromatic rings. The van der Waals surface area contributed by atoms with Gasteiger partial charge < -0.3 is 40.3 Å². The lowest BCUT2D eigenvalue weighted by Crippen LogP contribution is -2.60. The fourth-order valence-electron chi connectivity index (χ4n) is 8.19. The van der Waals surface area contributed by atoms with Crippen LogP contribution in [0, 0.1) is 0 Å². The van der Waals surface area contributed by atoms with Gasteiger partial charge in [-0.3, -0.25) is 4.79 Å². The number of amides is 1. The molecule has 0 spiro atoms. The van der Waals surface area contributed by atoms with Gasteiger partial charge in [0, 0.05) is 6.42 Å². The van der Waals surface area contributed by atoms with Crippen LogP contribution in [0.4, 0.5) is 0 Å². The van der Waals surface area contributed by atoms with E-state index < -0.39 is 49.5 Å². The molecule has 9 nitrogen and oxygen atoms in total. The maximum atomic E-state index is 12.8. The summed E-state index contributed by atoms with van der Waals surface area (Å²) in [5.41, 5.74) is 0. The second-order valence-electron chi connectivity index (χ2n) is 18.0. The first-order valence-corrected chi connectivity index (χ1v) is 25.5. The molecule has 1 aliphatic heterocycles. The minimum Gasteiger partial charge on any atom is -0.394 e. The molecule has 0 radical (unpaired) electrons. The lowest BCUT2D eigenvalue weighted by Gasteiger charge is -2.40. The molecular weight excluding hydrogens is 755 g/mol. The second kappa shape index (κ2) is 41.7. The molecule has 1 aliphatic rings. The third-order valence-corrected chi connectivity index (χ3v) is 12.3. The summed E-state index contributed by atoms with van der Waals surface area (Å²) in [4.78, 5) is 12.8. The van der Waals surface area contributed by atoms with Crippen molar-refractivity contribution in [3.8, 4) is 0 Å². The van der Waals surface area contributed by atoms with Crippen LogP contribution in [-0.2, 0) is 14.3 Å². The summed E-state index contributed by atoms with van der Waals surface area (Å²) < 4.78 is 11.1. The van der Waals surface area contributed by atoms with Crippen LogP contribution in [0.25, 0.3) is 0 Å². The van der Waals surface area contributed by atoms with Crippen molar-refractivity contribution >= 4 is 5.91 Å². The van der Waals surface area contributed by atoms with Gasteiger partial charge in [-0.2, -0.15) is 0 Å². The molecular formula is C51H97NO8. The number of ether oxygens (including phenoxy) is 2. The van der Waals surface area contributed by atoms with Gasteiger partial charge in [-0.15, -0.1) is 0 Å². The molecule has 1 heterocycles. The van der Waals surface area contributed by atoms with Crippen molar-refractivity contribution in [2.24, 2.45) is 0 Å². The van der Waals surface area contributed by atoms with Gasteiger partial charge in [0.25, 0.3) is 0 Å². The monoisotopic (exact) mass is 852 g/mol. The standard InChI is InChI=1S/C51H97NO8/c1-3-5-7-9-10-11-12-13-14-15-16-17-18-19-20-21-22-23-24-25-26-27-28-29-30-31-32-33-34-35-36-37-39-41-47(55)52-44(45(54)40-38-8-6-4-2)43-59-51-50(58)49(57)48(56)46(42-53)60-51/h12-13,15-16,44-46,48-51,53-54,56-58H,3-11,14,17-43H2,1-2H3,(H,52,55)/b13-12-,16-15-. The minimum absolute atomic E-state index is 0.138. The van der Waals surface area contributed by atoms with E-state index in [1.54, 1.807) is 0 Å². The first kappa shape index (κ1) is 56.7. The van der Waals surface area contributed by atoms with Crippen LogP contribution in [-0.4, -0.2) is 87.5 Å². The van der Waals surface area contributed by atoms with Crippen LogP contribution < -0.4 is 5.32 Å². The predicted molar refractivity (Wildman–Crippen MR) is 249 cm³/mol. The third kappa shape index (κ3) is 31.5. The smallest absolute Gasteiger partial charge is 0.220 e. The molecule has 0 aromatic carbocycles. The third-order valence-electron chi connectivity index (χ3n) is 12.3. The Morgan fingerprint density at radius 3 is 1.43 bits per heavy atom. The first-order chi connectivity index (χ1) is 29.3. The van der Waals surface area contributed by atoms with E-state index in [9.17, 15) is 30.3 Å². The van der Waals surface area contributed by atoms with Gasteiger partial charge in [0.2, 0.25) is 5.91 Å². The van der Waals surface area contributed by atoms with E-state index in [1.807, 2.05) is 0 Å². The van der Waals surface area contributed by atoms with Crippen molar-refractivity contribution in [2.75, 3.05) is 13.2 Å². The van der Waals surface area contributed by atoms with Gasteiger partial charge in [-0.25, -0.2) is 0 Å². The van der Waals surface area contributed by atoms with Gasteiger partial charge in [-0.1, -0.05) is 212 Å². The average Bonchev–Trinajstić information content (AvgIpc) is 3.25. The number of allylic oxidation sites excluding steroid dienone is 4. The zero-order chi connectivity index (χ0) is 43.7. The zero-order valence-corrected chi connectivity index (χ0v) is 39.0. The van der Waals surface area contributed by atoms with Crippen LogP contribution >= 0.6 is 0 Å². The quantitative estimate of drug-likeness (QED) is 0.0262. The summed E-state index contributed by atoms with van der Waals surface area (Å²) >= 11 is 0. The molecule has 0 aliphatic carbocycles. The molecule has 0 saturated carbocycles. The number of carbonyl (C=O) groups is 1. The molecule has 1 amide bonds. The molecule has 6 N–H and O–H groups in total. The maximum absolute atomic E-state index is 12.8. The van der Waals surface area contributed by atoms with Crippen molar-refractivity contribution in [2.45, 2.75) is 281 Å². The van der Waals surface area contributed by atoms with Crippen LogP contribution in [0.2, 0.25) is 0 Å². The Balaban J connectivity index is 1.97. The number of unbranched alkanes of at least 4 members (excludes halogenated alkanes) is 29. The van der Waals surface area contributed by atoms with Gasteiger partial charge in [0.1, 0.15) is 24.4 Å². The van der Waals surface area contributed by atoms with Crippen molar-refractivity contribution in [1.29, 1.82) is 0 Å². The molecule has 7 unspecified atom stereocenters. The number of nitrogens with one attached hydrogen (secondary N) is 1. The topological polar surface area (TPSA) is 149 Å². The largest absolute Gasteiger partial charge is 0.394 e. The summed E-state index contributed by atoms with van der Waals surface area (Å²) in [7, 11) is 0. The summed E-state index contributed by atoms with van der Waals surface area (Å²) in [6, 6.07) is -0.711. The molecule has 0 bridgehead atoms. The van der Waals surface area contributed by atoms with Gasteiger partial charge >= 0.3 is 0 Å². The molecule has 1 saturated heterocycles. The van der Waals surface area contributed by atoms with E-state index in [1.165, 1.54) is 161 Å². The van der Waals surface area contributed by atoms with E-state index in [0.29, 0.717) is 12.8 Å². The maximum Gasteiger partial charge on any atom is 0.220 e. The molecule has 9 heteroatoms. The summed E-state index contributed by atoms with van der Waals surface area (Å²) in [5.74, 6) is -0.150. The van der Waals surface area contributed by atoms with Crippen LogP contribution in [0.5, 0.6) is 0 Å².